The molecule has 1 aliphatic rings. The fraction of sp³-hybridized carbons (Fsp3) is 0.364. The Bertz CT molecular complexity index is 589. The van der Waals surface area contributed by atoms with Crippen LogP contribution in [0.5, 0.6) is 0 Å². The zero-order chi connectivity index (χ0) is 12.8. The van der Waals surface area contributed by atoms with Crippen molar-refractivity contribution in [1.29, 1.82) is 0 Å². The molecule has 2 rings (SSSR count). The molecule has 0 fully saturated rings. The van der Waals surface area contributed by atoms with Crippen LogP contribution in [0.15, 0.2) is 23.1 Å². The molecule has 0 saturated heterocycles. The number of carboxylic acids is 1. The Balaban J connectivity index is 2.75. The van der Waals surface area contributed by atoms with E-state index in [1.807, 2.05) is 0 Å². The van der Waals surface area contributed by atoms with Gasteiger partial charge in [0, 0.05) is 6.54 Å². The zero-order valence-electron chi connectivity index (χ0n) is 9.52. The summed E-state index contributed by atoms with van der Waals surface area (Å²) in [6, 6.07) is 4.27. The third kappa shape index (κ3) is 1.59. The first-order chi connectivity index (χ1) is 7.77. The Hall–Kier alpha value is -1.56. The van der Waals surface area contributed by atoms with E-state index in [9.17, 15) is 13.2 Å². The topological polar surface area (TPSA) is 83.5 Å². The number of fused-ring (bicyclic) bond motifs is 1. The summed E-state index contributed by atoms with van der Waals surface area (Å²) < 4.78 is 23.6. The minimum atomic E-state index is -3.50. The molecule has 1 heterocycles. The average Bonchev–Trinajstić information content (AvgIpc) is 2.23. The highest BCUT2D eigenvalue weighted by Gasteiger charge is 2.41. The van der Waals surface area contributed by atoms with Gasteiger partial charge < -0.3 is 10.4 Å². The van der Waals surface area contributed by atoms with Crippen LogP contribution in [0, 0.1) is 0 Å². The number of hydrogen-bond acceptors (Lipinski definition) is 4. The van der Waals surface area contributed by atoms with Gasteiger partial charge in [-0.25, -0.2) is 13.2 Å². The first kappa shape index (κ1) is 11.9. The van der Waals surface area contributed by atoms with E-state index in [0.29, 0.717) is 0 Å². The second-order valence-corrected chi connectivity index (χ2v) is 7.15. The van der Waals surface area contributed by atoms with Crippen LogP contribution in [0.3, 0.4) is 0 Å². The number of rotatable bonds is 1. The summed E-state index contributed by atoms with van der Waals surface area (Å²) in [6.45, 7) is 3.43. The van der Waals surface area contributed by atoms with E-state index in [1.165, 1.54) is 18.2 Å². The van der Waals surface area contributed by atoms with Crippen molar-refractivity contribution in [2.75, 3.05) is 11.9 Å². The molecule has 0 aliphatic carbocycles. The molecular formula is C11H13NO4S. The van der Waals surface area contributed by atoms with E-state index >= 15 is 0 Å². The summed E-state index contributed by atoms with van der Waals surface area (Å²) in [4.78, 5) is 11.1. The number of nitrogens with one attached hydrogen (secondary N) is 1. The summed E-state index contributed by atoms with van der Waals surface area (Å²) in [5.41, 5.74) is 0.181. The Morgan fingerprint density at radius 3 is 2.65 bits per heavy atom. The maximum Gasteiger partial charge on any atom is 0.337 e. The van der Waals surface area contributed by atoms with Crippen molar-refractivity contribution < 1.29 is 18.3 Å². The van der Waals surface area contributed by atoms with Gasteiger partial charge >= 0.3 is 5.97 Å². The van der Waals surface area contributed by atoms with Crippen LogP contribution in [0.25, 0.3) is 0 Å². The van der Waals surface area contributed by atoms with Gasteiger partial charge in [-0.15, -0.1) is 0 Å². The monoisotopic (exact) mass is 255 g/mol. The lowest BCUT2D eigenvalue weighted by molar-refractivity contribution is 0.0697. The van der Waals surface area contributed by atoms with Crippen molar-refractivity contribution in [2.45, 2.75) is 23.5 Å². The Kier molecular flexibility index (Phi) is 2.43. The zero-order valence-corrected chi connectivity index (χ0v) is 10.3. The van der Waals surface area contributed by atoms with Crippen LogP contribution in [-0.4, -0.2) is 30.8 Å². The number of carboxylic acid groups (broad SMARTS) is 1. The second-order valence-electron chi connectivity index (χ2n) is 4.60. The average molecular weight is 255 g/mol. The van der Waals surface area contributed by atoms with Crippen LogP contribution in [0.2, 0.25) is 0 Å². The van der Waals surface area contributed by atoms with Crippen molar-refractivity contribution >= 4 is 21.5 Å². The lowest BCUT2D eigenvalue weighted by atomic mass is 10.1. The smallest absolute Gasteiger partial charge is 0.337 e. The molecule has 0 aromatic heterocycles. The maximum atomic E-state index is 12.3. The summed E-state index contributed by atoms with van der Waals surface area (Å²) in [5.74, 6) is -1.13. The van der Waals surface area contributed by atoms with Gasteiger partial charge in [-0.05, 0) is 26.0 Å². The highest BCUT2D eigenvalue weighted by atomic mass is 32.2. The van der Waals surface area contributed by atoms with Crippen LogP contribution < -0.4 is 5.32 Å². The normalized spacial score (nSPS) is 20.1. The van der Waals surface area contributed by atoms with Gasteiger partial charge in [-0.1, -0.05) is 6.07 Å². The quantitative estimate of drug-likeness (QED) is 0.791. The summed E-state index contributed by atoms with van der Waals surface area (Å²) >= 11 is 0. The molecule has 5 nitrogen and oxygen atoms in total. The van der Waals surface area contributed by atoms with Gasteiger partial charge in [-0.2, -0.15) is 0 Å². The highest BCUT2D eigenvalue weighted by Crippen LogP contribution is 2.37. The van der Waals surface area contributed by atoms with Crippen LogP contribution >= 0.6 is 0 Å². The molecule has 0 unspecified atom stereocenters. The molecule has 0 spiro atoms. The fourth-order valence-corrected chi connectivity index (χ4v) is 3.38. The number of para-hydroxylation sites is 1. The first-order valence-electron chi connectivity index (χ1n) is 5.12. The molecule has 1 aromatic rings. The number of anilines is 1. The summed E-state index contributed by atoms with van der Waals surface area (Å²) in [7, 11) is -3.50. The van der Waals surface area contributed by atoms with E-state index in [0.717, 1.165) is 0 Å². The number of aromatic carboxylic acids is 1. The van der Waals surface area contributed by atoms with Crippen LogP contribution in [-0.2, 0) is 9.84 Å². The summed E-state index contributed by atoms with van der Waals surface area (Å²) in [5, 5.41) is 11.9. The predicted molar refractivity (Wildman–Crippen MR) is 63.2 cm³/mol. The molecule has 6 heteroatoms. The minimum absolute atomic E-state index is 0.0124. The van der Waals surface area contributed by atoms with Crippen molar-refractivity contribution in [1.82, 2.24) is 0 Å². The van der Waals surface area contributed by atoms with Crippen molar-refractivity contribution in [3.05, 3.63) is 23.8 Å². The predicted octanol–water partition coefficient (Wildman–Crippen LogP) is 1.36. The molecule has 1 aromatic carbocycles. The molecule has 0 atom stereocenters. The number of carbonyl (C=O) groups is 1. The SMILES string of the molecule is CC1(C)CNc2c(C(=O)O)cccc2S1(=O)=O. The molecule has 0 saturated carbocycles. The minimum Gasteiger partial charge on any atom is -0.478 e. The number of sulfone groups is 1. The molecule has 0 radical (unpaired) electrons. The fourth-order valence-electron chi connectivity index (χ4n) is 1.81. The third-order valence-corrected chi connectivity index (χ3v) is 5.48. The van der Waals surface area contributed by atoms with Crippen LogP contribution in [0.1, 0.15) is 24.2 Å². The molecule has 0 bridgehead atoms. The first-order valence-corrected chi connectivity index (χ1v) is 6.60. The Morgan fingerprint density at radius 1 is 1.41 bits per heavy atom. The second kappa shape index (κ2) is 3.46. The largest absolute Gasteiger partial charge is 0.478 e. The molecule has 17 heavy (non-hydrogen) atoms. The number of hydrogen-bond donors (Lipinski definition) is 2. The summed E-state index contributed by atoms with van der Waals surface area (Å²) in [6.07, 6.45) is 0. The van der Waals surface area contributed by atoms with Gasteiger partial charge in [0.05, 0.1) is 20.9 Å². The lowest BCUT2D eigenvalue weighted by Gasteiger charge is -2.32. The van der Waals surface area contributed by atoms with E-state index < -0.39 is 20.6 Å². The van der Waals surface area contributed by atoms with E-state index in [-0.39, 0.29) is 22.7 Å². The molecule has 2 N–H and O–H groups in total. The van der Waals surface area contributed by atoms with Gasteiger partial charge in [0.15, 0.2) is 9.84 Å². The number of benzene rings is 1. The Morgan fingerprint density at radius 2 is 2.06 bits per heavy atom. The highest BCUT2D eigenvalue weighted by molar-refractivity contribution is 7.93. The lowest BCUT2D eigenvalue weighted by Crippen LogP contribution is -2.43. The van der Waals surface area contributed by atoms with Crippen molar-refractivity contribution in [3.8, 4) is 0 Å². The van der Waals surface area contributed by atoms with Crippen molar-refractivity contribution in [3.63, 3.8) is 0 Å². The maximum absolute atomic E-state index is 12.3. The molecule has 0 amide bonds. The van der Waals surface area contributed by atoms with E-state index in [2.05, 4.69) is 5.32 Å². The van der Waals surface area contributed by atoms with Gasteiger partial charge in [0.25, 0.3) is 0 Å². The molecule has 92 valence electrons. The molecule has 1 aliphatic heterocycles. The van der Waals surface area contributed by atoms with Gasteiger partial charge in [0.1, 0.15) is 0 Å². The van der Waals surface area contributed by atoms with Gasteiger partial charge in [-0.3, -0.25) is 0 Å². The van der Waals surface area contributed by atoms with Gasteiger partial charge in [0.2, 0.25) is 0 Å². The van der Waals surface area contributed by atoms with Crippen molar-refractivity contribution in [2.24, 2.45) is 0 Å². The standard InChI is InChI=1S/C11H13NO4S/c1-11(2)6-12-9-7(10(13)14)4-3-5-8(9)17(11,15)16/h3-5,12H,6H2,1-2H3,(H,13,14). The van der Waals surface area contributed by atoms with E-state index in [1.54, 1.807) is 13.8 Å². The third-order valence-electron chi connectivity index (χ3n) is 2.96. The van der Waals surface area contributed by atoms with Crippen LogP contribution in [0.4, 0.5) is 5.69 Å². The van der Waals surface area contributed by atoms with E-state index in [4.69, 9.17) is 5.11 Å². The Labute approximate surface area is 99.4 Å². The molecular weight excluding hydrogens is 242 g/mol.